The molecule has 0 radical (unpaired) electrons. The molecule has 0 bridgehead atoms. The van der Waals surface area contributed by atoms with Crippen LogP contribution in [-0.2, 0) is 33.3 Å². The lowest BCUT2D eigenvalue weighted by Gasteiger charge is -2.47. The molecule has 0 aromatic heterocycles. The van der Waals surface area contributed by atoms with Crippen LogP contribution in [0.1, 0.15) is 13.8 Å². The lowest BCUT2D eigenvalue weighted by molar-refractivity contribution is -0.340. The van der Waals surface area contributed by atoms with Gasteiger partial charge in [0.05, 0.1) is 19.8 Å². The first-order valence-electron chi connectivity index (χ1n) is 12.6. The Hall–Kier alpha value is -1.62. The van der Waals surface area contributed by atoms with Crippen molar-refractivity contribution < 1.29 is 79.2 Å². The second kappa shape index (κ2) is 14.0. The van der Waals surface area contributed by atoms with Gasteiger partial charge in [-0.2, -0.15) is 0 Å². The van der Waals surface area contributed by atoms with E-state index in [0.29, 0.717) is 0 Å². The highest BCUT2D eigenvalue weighted by Crippen LogP contribution is 2.30. The monoisotopic (exact) mass is 586 g/mol. The number of amides is 2. The Morgan fingerprint density at radius 3 is 1.77 bits per heavy atom. The van der Waals surface area contributed by atoms with E-state index in [2.05, 4.69) is 10.6 Å². The van der Waals surface area contributed by atoms with Crippen molar-refractivity contribution in [1.29, 1.82) is 0 Å². The standard InChI is InChI=1S/C22H38N2O16/c1-6(27)23-11-16(32)19(9(4-26)37-20(11)35)40-21-12(24-7(2)28)15(31)14(30)10(39-21)5-36-22-18(34)17(33)13(29)8(3-25)38-22/h8-22,25-26,29-35H,3-5H2,1-2H3,(H,23,27)(H,24,28)/t8-,9-,10-,11-,12-,13+,14-,15-,16-,17+,18-,19-,20?,21+,22-/m1/s1. The molecule has 2 amide bonds. The topological polar surface area (TPSA) is 286 Å². The lowest BCUT2D eigenvalue weighted by atomic mass is 9.94. The van der Waals surface area contributed by atoms with Crippen molar-refractivity contribution in [2.75, 3.05) is 19.8 Å². The van der Waals surface area contributed by atoms with Gasteiger partial charge in [0.25, 0.3) is 0 Å². The Morgan fingerprint density at radius 1 is 0.650 bits per heavy atom. The second-order valence-corrected chi connectivity index (χ2v) is 9.85. The average molecular weight is 587 g/mol. The van der Waals surface area contributed by atoms with Crippen LogP contribution in [0.2, 0.25) is 0 Å². The molecule has 3 aliphatic heterocycles. The summed E-state index contributed by atoms with van der Waals surface area (Å²) in [6.07, 6.45) is -20.8. The molecule has 0 saturated carbocycles. The number of hydrogen-bond acceptors (Lipinski definition) is 16. The summed E-state index contributed by atoms with van der Waals surface area (Å²) in [7, 11) is 0. The summed E-state index contributed by atoms with van der Waals surface area (Å²) in [5, 5.41) is 96.3. The summed E-state index contributed by atoms with van der Waals surface area (Å²) >= 11 is 0. The second-order valence-electron chi connectivity index (χ2n) is 9.85. The fraction of sp³-hybridized carbons (Fsp3) is 0.909. The van der Waals surface area contributed by atoms with Gasteiger partial charge in [-0.15, -0.1) is 0 Å². The van der Waals surface area contributed by atoms with Crippen molar-refractivity contribution in [3.8, 4) is 0 Å². The highest BCUT2D eigenvalue weighted by molar-refractivity contribution is 5.73. The molecule has 0 aromatic rings. The van der Waals surface area contributed by atoms with E-state index in [1.807, 2.05) is 0 Å². The summed E-state index contributed by atoms with van der Waals surface area (Å²) in [5.74, 6) is -1.28. The SMILES string of the molecule is CC(=O)N[C@H]1[C@H](O[C@H]2[C@H](O)[C@@H](NC(C)=O)C(O)O[C@@H]2CO)O[C@H](CO[C@@H]2O[C@H](CO)[C@H](O)[C@H](O)[C@H]2O)[C@@H](O)[C@@H]1O. The Labute approximate surface area is 228 Å². The van der Waals surface area contributed by atoms with Gasteiger partial charge < -0.3 is 80.3 Å². The van der Waals surface area contributed by atoms with Gasteiger partial charge in [-0.25, -0.2) is 0 Å². The van der Waals surface area contributed by atoms with E-state index >= 15 is 0 Å². The van der Waals surface area contributed by atoms with Crippen molar-refractivity contribution in [2.24, 2.45) is 0 Å². The number of aliphatic hydroxyl groups excluding tert-OH is 9. The molecule has 18 nitrogen and oxygen atoms in total. The predicted molar refractivity (Wildman–Crippen MR) is 124 cm³/mol. The molecule has 3 aliphatic rings. The first-order chi connectivity index (χ1) is 18.8. The van der Waals surface area contributed by atoms with E-state index in [1.54, 1.807) is 0 Å². The maximum Gasteiger partial charge on any atom is 0.217 e. The quantitative estimate of drug-likeness (QED) is 0.120. The predicted octanol–water partition coefficient (Wildman–Crippen LogP) is -7.29. The molecule has 3 fully saturated rings. The van der Waals surface area contributed by atoms with Gasteiger partial charge in [-0.1, -0.05) is 0 Å². The fourth-order valence-corrected chi connectivity index (χ4v) is 4.76. The van der Waals surface area contributed by atoms with E-state index in [0.717, 1.165) is 13.8 Å². The zero-order chi connectivity index (χ0) is 29.9. The maximum absolute atomic E-state index is 11.8. The smallest absolute Gasteiger partial charge is 0.217 e. The van der Waals surface area contributed by atoms with Gasteiger partial charge >= 0.3 is 0 Å². The highest BCUT2D eigenvalue weighted by atomic mass is 16.7. The molecule has 3 rings (SSSR count). The van der Waals surface area contributed by atoms with E-state index in [-0.39, 0.29) is 0 Å². The maximum atomic E-state index is 11.8. The average Bonchev–Trinajstić information content (AvgIpc) is 2.90. The number of hydrogen-bond donors (Lipinski definition) is 11. The molecule has 0 spiro atoms. The van der Waals surface area contributed by atoms with Crippen molar-refractivity contribution in [2.45, 2.75) is 106 Å². The molecule has 40 heavy (non-hydrogen) atoms. The van der Waals surface area contributed by atoms with Crippen molar-refractivity contribution in [3.05, 3.63) is 0 Å². The van der Waals surface area contributed by atoms with Crippen molar-refractivity contribution in [3.63, 3.8) is 0 Å². The summed E-state index contributed by atoms with van der Waals surface area (Å²) in [5.41, 5.74) is 0. The van der Waals surface area contributed by atoms with Crippen LogP contribution in [0.5, 0.6) is 0 Å². The van der Waals surface area contributed by atoms with E-state index < -0.39 is 124 Å². The van der Waals surface area contributed by atoms with Crippen LogP contribution in [-0.4, -0.2) is 170 Å². The zero-order valence-electron chi connectivity index (χ0n) is 21.7. The lowest BCUT2D eigenvalue weighted by Crippen LogP contribution is -2.69. The van der Waals surface area contributed by atoms with Crippen molar-refractivity contribution in [1.82, 2.24) is 10.6 Å². The number of nitrogens with one attached hydrogen (secondary N) is 2. The molecule has 3 heterocycles. The first kappa shape index (κ1) is 32.9. The minimum atomic E-state index is -1.76. The number of rotatable bonds is 9. The molecule has 15 atom stereocenters. The molecular weight excluding hydrogens is 548 g/mol. The van der Waals surface area contributed by atoms with E-state index in [4.69, 9.17) is 23.7 Å². The van der Waals surface area contributed by atoms with Crippen LogP contribution in [0.25, 0.3) is 0 Å². The minimum absolute atomic E-state index is 0.617. The Bertz CT molecular complexity index is 852. The molecule has 232 valence electrons. The van der Waals surface area contributed by atoms with Crippen LogP contribution in [0.3, 0.4) is 0 Å². The molecule has 11 N–H and O–H groups in total. The minimum Gasteiger partial charge on any atom is -0.394 e. The summed E-state index contributed by atoms with van der Waals surface area (Å²) in [6, 6.07) is -2.83. The Morgan fingerprint density at radius 2 is 1.20 bits per heavy atom. The van der Waals surface area contributed by atoms with Crippen LogP contribution in [0.15, 0.2) is 0 Å². The van der Waals surface area contributed by atoms with Crippen LogP contribution in [0, 0.1) is 0 Å². The molecule has 0 aliphatic carbocycles. The van der Waals surface area contributed by atoms with Crippen LogP contribution in [0.4, 0.5) is 0 Å². The summed E-state index contributed by atoms with van der Waals surface area (Å²) in [6.45, 7) is 0.142. The van der Waals surface area contributed by atoms with Gasteiger partial charge in [-0.3, -0.25) is 9.59 Å². The van der Waals surface area contributed by atoms with E-state index in [1.165, 1.54) is 0 Å². The zero-order valence-corrected chi connectivity index (χ0v) is 21.7. The van der Waals surface area contributed by atoms with Crippen LogP contribution >= 0.6 is 0 Å². The number of carbonyl (C=O) groups is 2. The number of ether oxygens (including phenoxy) is 5. The number of carbonyl (C=O) groups excluding carboxylic acids is 2. The van der Waals surface area contributed by atoms with Gasteiger partial charge in [0.1, 0.15) is 73.1 Å². The van der Waals surface area contributed by atoms with Crippen LogP contribution < -0.4 is 10.6 Å². The van der Waals surface area contributed by atoms with Gasteiger partial charge in [-0.05, 0) is 0 Å². The third-order valence-corrected chi connectivity index (χ3v) is 6.88. The molecule has 18 heteroatoms. The first-order valence-corrected chi connectivity index (χ1v) is 12.6. The highest BCUT2D eigenvalue weighted by Gasteiger charge is 2.52. The fourth-order valence-electron chi connectivity index (χ4n) is 4.76. The Balaban J connectivity index is 1.79. The van der Waals surface area contributed by atoms with Gasteiger partial charge in [0, 0.05) is 13.8 Å². The Kier molecular flexibility index (Phi) is 11.5. The normalized spacial score (nSPS) is 46.0. The molecule has 0 aromatic carbocycles. The number of aliphatic hydroxyl groups is 9. The summed E-state index contributed by atoms with van der Waals surface area (Å²) in [4.78, 5) is 23.4. The van der Waals surface area contributed by atoms with Gasteiger partial charge in [0.15, 0.2) is 18.9 Å². The van der Waals surface area contributed by atoms with E-state index in [9.17, 15) is 55.5 Å². The van der Waals surface area contributed by atoms with Crippen molar-refractivity contribution >= 4 is 11.8 Å². The largest absolute Gasteiger partial charge is 0.394 e. The molecule has 3 saturated heterocycles. The third kappa shape index (κ3) is 7.23. The third-order valence-electron chi connectivity index (χ3n) is 6.88. The molecular formula is C22H38N2O16. The summed E-state index contributed by atoms with van der Waals surface area (Å²) < 4.78 is 27.4. The molecule has 1 unspecified atom stereocenters. The van der Waals surface area contributed by atoms with Gasteiger partial charge in [0.2, 0.25) is 11.8 Å².